The molecule has 6 nitrogen and oxygen atoms in total. The van der Waals surface area contributed by atoms with E-state index in [9.17, 15) is 0 Å². The van der Waals surface area contributed by atoms with Gasteiger partial charge in [-0.2, -0.15) is 0 Å². The Hall–Kier alpha value is -2.96. The minimum Gasteiger partial charge on any atom is -0.369 e. The highest BCUT2D eigenvalue weighted by molar-refractivity contribution is 6.30. The van der Waals surface area contributed by atoms with Crippen molar-refractivity contribution in [3.63, 3.8) is 0 Å². The van der Waals surface area contributed by atoms with E-state index in [0.29, 0.717) is 10.8 Å². The van der Waals surface area contributed by atoms with E-state index in [1.807, 2.05) is 42.5 Å². The summed E-state index contributed by atoms with van der Waals surface area (Å²) in [4.78, 5) is 9.75. The molecule has 1 aromatic heterocycles. The topological polar surface area (TPSA) is 105 Å². The van der Waals surface area contributed by atoms with Gasteiger partial charge < -0.3 is 5.73 Å². The zero-order chi connectivity index (χ0) is 22.0. The van der Waals surface area contributed by atoms with E-state index in [4.69, 9.17) is 38.6 Å². The Balaban J connectivity index is 1.79. The van der Waals surface area contributed by atoms with Gasteiger partial charge in [-0.1, -0.05) is 54.3 Å². The molecule has 31 heavy (non-hydrogen) atoms. The Kier molecular flexibility index (Phi) is 6.20. The van der Waals surface area contributed by atoms with Gasteiger partial charge in [-0.15, -0.1) is 0 Å². The van der Waals surface area contributed by atoms with Gasteiger partial charge in [0.15, 0.2) is 5.82 Å². The maximum atomic E-state index is 7.83. The molecule has 0 bridgehead atoms. The highest BCUT2D eigenvalue weighted by Crippen LogP contribution is 2.37. The molecule has 7 heteroatoms. The van der Waals surface area contributed by atoms with Crippen molar-refractivity contribution in [1.29, 1.82) is 5.41 Å². The summed E-state index contributed by atoms with van der Waals surface area (Å²) in [7, 11) is 0. The van der Waals surface area contributed by atoms with Gasteiger partial charge in [-0.05, 0) is 55.7 Å². The molecule has 0 unspecified atom stereocenters. The Labute approximate surface area is 187 Å². The van der Waals surface area contributed by atoms with Gasteiger partial charge in [0.25, 0.3) is 0 Å². The number of aryl methyl sites for hydroxylation is 1. The molecule has 1 aliphatic carbocycles. The van der Waals surface area contributed by atoms with Crippen molar-refractivity contribution in [2.75, 3.05) is 0 Å². The van der Waals surface area contributed by atoms with Crippen molar-refractivity contribution in [1.82, 2.24) is 15.0 Å². The lowest BCUT2D eigenvalue weighted by atomic mass is 9.80. The van der Waals surface area contributed by atoms with Crippen LogP contribution in [0.1, 0.15) is 54.2 Å². The van der Waals surface area contributed by atoms with Gasteiger partial charge in [0.2, 0.25) is 5.96 Å². The first-order valence-corrected chi connectivity index (χ1v) is 10.9. The largest absolute Gasteiger partial charge is 0.369 e. The van der Waals surface area contributed by atoms with Gasteiger partial charge in [0, 0.05) is 16.3 Å². The summed E-state index contributed by atoms with van der Waals surface area (Å²) in [6.07, 6.45) is 7.90. The van der Waals surface area contributed by atoms with E-state index >= 15 is 0 Å². The molecular weight excluding hydrogens is 408 g/mol. The van der Waals surface area contributed by atoms with Crippen molar-refractivity contribution >= 4 is 40.6 Å². The highest BCUT2D eigenvalue weighted by atomic mass is 35.5. The Bertz CT molecular complexity index is 1120. The third-order valence-corrected chi connectivity index (χ3v) is 6.16. The van der Waals surface area contributed by atoms with Gasteiger partial charge in [0.1, 0.15) is 0 Å². The SMILES string of the molecule is Cc1ccc2nc(C=Cc3ccc(Cl)cc3)nc([C@@H]3CCCC[C@@H]3N(N)C(=N)N)c2c1. The Morgan fingerprint density at radius 3 is 2.58 bits per heavy atom. The fraction of sp³-hybridized carbons (Fsp3) is 0.292. The zero-order valence-corrected chi connectivity index (χ0v) is 18.3. The fourth-order valence-electron chi connectivity index (χ4n) is 4.33. The van der Waals surface area contributed by atoms with Crippen LogP contribution in [0.2, 0.25) is 5.02 Å². The second-order valence-corrected chi connectivity index (χ2v) is 8.56. The number of guanidine groups is 1. The molecule has 160 valence electrons. The van der Waals surface area contributed by atoms with Crippen LogP contribution in [0.3, 0.4) is 0 Å². The predicted octanol–water partition coefficient (Wildman–Crippen LogP) is 4.86. The van der Waals surface area contributed by atoms with Crippen LogP contribution in [-0.2, 0) is 0 Å². The van der Waals surface area contributed by atoms with Crippen molar-refractivity contribution < 1.29 is 0 Å². The molecule has 0 radical (unpaired) electrons. The van der Waals surface area contributed by atoms with Crippen LogP contribution in [0.25, 0.3) is 23.1 Å². The van der Waals surface area contributed by atoms with Crippen LogP contribution in [0, 0.1) is 12.3 Å². The number of aromatic nitrogens is 2. The minimum atomic E-state index is -0.116. The van der Waals surface area contributed by atoms with Crippen LogP contribution in [0.15, 0.2) is 42.5 Å². The number of hydrogen-bond donors (Lipinski definition) is 3. The van der Waals surface area contributed by atoms with E-state index in [2.05, 4.69) is 19.1 Å². The molecule has 1 fully saturated rings. The lowest BCUT2D eigenvalue weighted by Crippen LogP contribution is -2.52. The second-order valence-electron chi connectivity index (χ2n) is 8.12. The molecule has 2 atom stereocenters. The molecule has 0 spiro atoms. The third-order valence-electron chi connectivity index (χ3n) is 5.91. The van der Waals surface area contributed by atoms with Crippen LogP contribution >= 0.6 is 11.6 Å². The number of nitrogens with zero attached hydrogens (tertiary/aromatic N) is 3. The van der Waals surface area contributed by atoms with Gasteiger partial charge in [-0.3, -0.25) is 10.4 Å². The standard InChI is InChI=1S/C24H27ClN6/c1-15-6-12-20-19(14-15)23(18-4-2-3-5-21(18)31(28)24(26)27)30-22(29-20)13-9-16-7-10-17(25)11-8-16/h6-14,18,21H,2-5,28H2,1H3,(H3,26,27)/t18-,21+/m1/s1. The van der Waals surface area contributed by atoms with Crippen LogP contribution in [-0.4, -0.2) is 27.0 Å². The molecule has 3 aromatic rings. The number of fused-ring (bicyclic) bond motifs is 1. The average molecular weight is 435 g/mol. The number of halogens is 1. The molecule has 1 saturated carbocycles. The minimum absolute atomic E-state index is 0.0574. The van der Waals surface area contributed by atoms with Crippen molar-refractivity contribution in [3.05, 3.63) is 70.1 Å². The molecule has 4 rings (SSSR count). The smallest absolute Gasteiger partial charge is 0.203 e. The number of hydrogen-bond acceptors (Lipinski definition) is 4. The monoisotopic (exact) mass is 434 g/mol. The Morgan fingerprint density at radius 1 is 1.10 bits per heavy atom. The Morgan fingerprint density at radius 2 is 1.84 bits per heavy atom. The van der Waals surface area contributed by atoms with Crippen molar-refractivity contribution in [3.8, 4) is 0 Å². The highest BCUT2D eigenvalue weighted by Gasteiger charge is 2.33. The number of nitrogens with one attached hydrogen (secondary N) is 1. The molecule has 1 heterocycles. The summed E-state index contributed by atoms with van der Waals surface area (Å²) in [6.45, 7) is 2.07. The molecule has 0 aliphatic heterocycles. The summed E-state index contributed by atoms with van der Waals surface area (Å²) in [6, 6.07) is 13.8. The first kappa shape index (κ1) is 21.3. The van der Waals surface area contributed by atoms with Crippen molar-refractivity contribution in [2.24, 2.45) is 11.6 Å². The van der Waals surface area contributed by atoms with E-state index in [-0.39, 0.29) is 17.9 Å². The molecule has 1 aliphatic rings. The van der Waals surface area contributed by atoms with Gasteiger partial charge in [-0.25, -0.2) is 15.8 Å². The molecular formula is C24H27ClN6. The normalized spacial score (nSPS) is 19.1. The van der Waals surface area contributed by atoms with Crippen molar-refractivity contribution in [2.45, 2.75) is 44.6 Å². The average Bonchev–Trinajstić information content (AvgIpc) is 2.77. The van der Waals surface area contributed by atoms with E-state index in [0.717, 1.165) is 53.4 Å². The number of rotatable bonds is 4. The molecule has 0 amide bonds. The number of hydrazine groups is 1. The zero-order valence-electron chi connectivity index (χ0n) is 17.6. The van der Waals surface area contributed by atoms with E-state index in [1.165, 1.54) is 5.01 Å². The third kappa shape index (κ3) is 4.70. The van der Waals surface area contributed by atoms with E-state index in [1.54, 1.807) is 0 Å². The number of benzene rings is 2. The van der Waals surface area contributed by atoms with Gasteiger partial charge >= 0.3 is 0 Å². The van der Waals surface area contributed by atoms with Crippen LogP contribution < -0.4 is 11.6 Å². The quantitative estimate of drug-likeness (QED) is 0.235. The fourth-order valence-corrected chi connectivity index (χ4v) is 4.45. The first-order valence-electron chi connectivity index (χ1n) is 10.5. The molecule has 5 N–H and O–H groups in total. The summed E-state index contributed by atoms with van der Waals surface area (Å²) in [5.74, 6) is 6.81. The molecule has 0 saturated heterocycles. The lowest BCUT2D eigenvalue weighted by molar-refractivity contribution is 0.212. The summed E-state index contributed by atoms with van der Waals surface area (Å²) < 4.78 is 0. The first-order chi connectivity index (χ1) is 14.9. The van der Waals surface area contributed by atoms with E-state index < -0.39 is 0 Å². The summed E-state index contributed by atoms with van der Waals surface area (Å²) in [5, 5.41) is 11.0. The maximum Gasteiger partial charge on any atom is 0.203 e. The van der Waals surface area contributed by atoms with Gasteiger partial charge in [0.05, 0.1) is 17.3 Å². The van der Waals surface area contributed by atoms with Crippen LogP contribution in [0.5, 0.6) is 0 Å². The lowest BCUT2D eigenvalue weighted by Gasteiger charge is -2.37. The maximum absolute atomic E-state index is 7.83. The summed E-state index contributed by atoms with van der Waals surface area (Å²) >= 11 is 5.99. The number of nitrogens with two attached hydrogens (primary N) is 2. The van der Waals surface area contributed by atoms with Crippen LogP contribution in [0.4, 0.5) is 0 Å². The second kappa shape index (κ2) is 9.04. The summed E-state index contributed by atoms with van der Waals surface area (Å²) in [5.41, 5.74) is 9.79. The predicted molar refractivity (Wildman–Crippen MR) is 128 cm³/mol. The molecule has 2 aromatic carbocycles.